The van der Waals surface area contributed by atoms with E-state index in [4.69, 9.17) is 23.2 Å². The van der Waals surface area contributed by atoms with Crippen molar-refractivity contribution in [1.29, 1.82) is 0 Å². The van der Waals surface area contributed by atoms with E-state index in [0.717, 1.165) is 58.4 Å². The van der Waals surface area contributed by atoms with E-state index in [1.165, 1.54) is 24.0 Å². The fraction of sp³-hybridized carbons (Fsp3) is 0.536. The van der Waals surface area contributed by atoms with Gasteiger partial charge in [0, 0.05) is 39.0 Å². The summed E-state index contributed by atoms with van der Waals surface area (Å²) in [6.45, 7) is 6.84. The SMILES string of the molecule is CC(=O)N(C)C1(c2ccccc2)CCN(CCCC2(c3ccc(Cl)c(Cl)c3)CCCNC2)CC1.Cl. The van der Waals surface area contributed by atoms with Crippen LogP contribution in [0.1, 0.15) is 56.6 Å². The van der Waals surface area contributed by atoms with Crippen molar-refractivity contribution in [3.63, 3.8) is 0 Å². The summed E-state index contributed by atoms with van der Waals surface area (Å²) in [5, 5.41) is 4.89. The Labute approximate surface area is 226 Å². The van der Waals surface area contributed by atoms with Crippen molar-refractivity contribution in [2.75, 3.05) is 39.8 Å². The van der Waals surface area contributed by atoms with Gasteiger partial charge in [-0.3, -0.25) is 4.79 Å². The number of likely N-dealkylation sites (tertiary alicyclic amines) is 1. The minimum absolute atomic E-state index is 0. The van der Waals surface area contributed by atoms with Gasteiger partial charge in [-0.15, -0.1) is 12.4 Å². The largest absolute Gasteiger partial charge is 0.336 e. The van der Waals surface area contributed by atoms with Crippen molar-refractivity contribution in [1.82, 2.24) is 15.1 Å². The first kappa shape index (κ1) is 28.3. The zero-order valence-electron chi connectivity index (χ0n) is 20.9. The average Bonchev–Trinajstić information content (AvgIpc) is 2.87. The summed E-state index contributed by atoms with van der Waals surface area (Å²) in [6, 6.07) is 16.7. The van der Waals surface area contributed by atoms with Crippen LogP contribution in [-0.4, -0.2) is 55.5 Å². The molecule has 0 radical (unpaired) electrons. The lowest BCUT2D eigenvalue weighted by Gasteiger charge is -2.48. The summed E-state index contributed by atoms with van der Waals surface area (Å²) in [7, 11) is 1.96. The summed E-state index contributed by atoms with van der Waals surface area (Å²) in [6.07, 6.45) is 6.56. The Balaban J connectivity index is 0.00000342. The maximum atomic E-state index is 12.4. The molecule has 1 N–H and O–H groups in total. The third kappa shape index (κ3) is 6.17. The van der Waals surface area contributed by atoms with E-state index in [1.807, 2.05) is 24.1 Å². The van der Waals surface area contributed by atoms with Gasteiger partial charge in [-0.25, -0.2) is 0 Å². The molecule has 0 spiro atoms. The van der Waals surface area contributed by atoms with E-state index in [9.17, 15) is 4.79 Å². The van der Waals surface area contributed by atoms with Crippen LogP contribution in [0.25, 0.3) is 0 Å². The molecule has 2 saturated heterocycles. The highest BCUT2D eigenvalue weighted by molar-refractivity contribution is 6.42. The fourth-order valence-corrected chi connectivity index (χ4v) is 6.35. The lowest BCUT2D eigenvalue weighted by atomic mass is 9.71. The van der Waals surface area contributed by atoms with E-state index < -0.39 is 0 Å². The number of carbonyl (C=O) groups is 1. The number of hydrogen-bond acceptors (Lipinski definition) is 3. The standard InChI is InChI=1S/C28H37Cl2N3O.ClH/c1-22(34)32(2)28(23-8-4-3-5-9-23)14-18-33(19-15-28)17-7-13-27(12-6-16-31-21-27)24-10-11-25(29)26(30)20-24;/h3-5,8-11,20,31H,6-7,12-19,21H2,1-2H3;1H. The van der Waals surface area contributed by atoms with Crippen molar-refractivity contribution in [3.8, 4) is 0 Å². The third-order valence-corrected chi connectivity index (χ3v) is 8.98. The van der Waals surface area contributed by atoms with Crippen LogP contribution in [0.2, 0.25) is 10.0 Å². The second-order valence-corrected chi connectivity index (χ2v) is 10.9. The molecule has 2 aliphatic heterocycles. The molecule has 2 heterocycles. The van der Waals surface area contributed by atoms with Crippen LogP contribution < -0.4 is 5.32 Å². The van der Waals surface area contributed by atoms with E-state index in [1.54, 1.807) is 6.92 Å². The Morgan fingerprint density at radius 3 is 2.34 bits per heavy atom. The lowest BCUT2D eigenvalue weighted by Crippen LogP contribution is -2.53. The number of hydrogen-bond donors (Lipinski definition) is 1. The Hall–Kier alpha value is -1.30. The van der Waals surface area contributed by atoms with Crippen molar-refractivity contribution in [2.24, 2.45) is 0 Å². The number of piperidine rings is 2. The predicted octanol–water partition coefficient (Wildman–Crippen LogP) is 6.29. The van der Waals surface area contributed by atoms with Crippen LogP contribution in [0.15, 0.2) is 48.5 Å². The molecular formula is C28H38Cl3N3O. The summed E-state index contributed by atoms with van der Waals surface area (Å²) >= 11 is 12.6. The van der Waals surface area contributed by atoms with Gasteiger partial charge in [0.05, 0.1) is 15.6 Å². The number of carbonyl (C=O) groups excluding carboxylic acids is 1. The molecule has 2 aliphatic rings. The van der Waals surface area contributed by atoms with Crippen molar-refractivity contribution < 1.29 is 4.79 Å². The van der Waals surface area contributed by atoms with E-state index in [0.29, 0.717) is 10.0 Å². The Kier molecular flexibility index (Phi) is 9.93. The highest BCUT2D eigenvalue weighted by Gasteiger charge is 2.41. The number of nitrogens with zero attached hydrogens (tertiary/aromatic N) is 2. The number of amides is 1. The van der Waals surface area contributed by atoms with Crippen LogP contribution in [-0.2, 0) is 15.7 Å². The molecule has 0 bridgehead atoms. The van der Waals surface area contributed by atoms with Gasteiger partial charge in [0.15, 0.2) is 0 Å². The molecule has 1 unspecified atom stereocenters. The van der Waals surface area contributed by atoms with Crippen LogP contribution in [0.5, 0.6) is 0 Å². The molecule has 0 aromatic heterocycles. The molecule has 35 heavy (non-hydrogen) atoms. The molecule has 0 saturated carbocycles. The monoisotopic (exact) mass is 537 g/mol. The molecule has 1 amide bonds. The number of rotatable bonds is 7. The smallest absolute Gasteiger partial charge is 0.219 e. The summed E-state index contributed by atoms with van der Waals surface area (Å²) in [4.78, 5) is 16.9. The molecular weight excluding hydrogens is 501 g/mol. The lowest BCUT2D eigenvalue weighted by molar-refractivity contribution is -0.136. The second-order valence-electron chi connectivity index (χ2n) is 10.1. The zero-order valence-corrected chi connectivity index (χ0v) is 23.2. The Morgan fingerprint density at radius 1 is 1.03 bits per heavy atom. The van der Waals surface area contributed by atoms with Gasteiger partial charge < -0.3 is 15.1 Å². The minimum atomic E-state index is -0.210. The van der Waals surface area contributed by atoms with Crippen LogP contribution in [0.3, 0.4) is 0 Å². The van der Waals surface area contributed by atoms with Gasteiger partial charge in [-0.2, -0.15) is 0 Å². The molecule has 2 aromatic rings. The summed E-state index contributed by atoms with van der Waals surface area (Å²) in [5.74, 6) is 0.130. The van der Waals surface area contributed by atoms with Crippen molar-refractivity contribution in [3.05, 3.63) is 69.7 Å². The van der Waals surface area contributed by atoms with Crippen LogP contribution >= 0.6 is 35.6 Å². The minimum Gasteiger partial charge on any atom is -0.336 e. The van der Waals surface area contributed by atoms with Crippen molar-refractivity contribution in [2.45, 2.75) is 56.4 Å². The molecule has 192 valence electrons. The van der Waals surface area contributed by atoms with Gasteiger partial charge in [0.25, 0.3) is 0 Å². The number of halogens is 3. The first-order valence-electron chi connectivity index (χ1n) is 12.5. The Bertz CT molecular complexity index is 971. The fourth-order valence-electron chi connectivity index (χ4n) is 6.05. The maximum Gasteiger partial charge on any atom is 0.219 e. The van der Waals surface area contributed by atoms with Gasteiger partial charge in [-0.05, 0) is 74.9 Å². The molecule has 4 rings (SSSR count). The predicted molar refractivity (Wildman–Crippen MR) is 149 cm³/mol. The Morgan fingerprint density at radius 2 is 1.74 bits per heavy atom. The van der Waals surface area contributed by atoms with Gasteiger partial charge >= 0.3 is 0 Å². The number of benzene rings is 2. The highest BCUT2D eigenvalue weighted by atomic mass is 35.5. The van der Waals surface area contributed by atoms with E-state index in [-0.39, 0.29) is 29.3 Å². The highest BCUT2D eigenvalue weighted by Crippen LogP contribution is 2.40. The summed E-state index contributed by atoms with van der Waals surface area (Å²) in [5.41, 5.74) is 2.46. The third-order valence-electron chi connectivity index (χ3n) is 8.24. The van der Waals surface area contributed by atoms with Gasteiger partial charge in [-0.1, -0.05) is 59.6 Å². The van der Waals surface area contributed by atoms with E-state index >= 15 is 0 Å². The van der Waals surface area contributed by atoms with Crippen LogP contribution in [0, 0.1) is 0 Å². The molecule has 1 atom stereocenters. The second kappa shape index (κ2) is 12.3. The molecule has 4 nitrogen and oxygen atoms in total. The van der Waals surface area contributed by atoms with Gasteiger partial charge in [0.1, 0.15) is 0 Å². The zero-order chi connectivity index (χ0) is 24.2. The molecule has 2 fully saturated rings. The summed E-state index contributed by atoms with van der Waals surface area (Å²) < 4.78 is 0. The van der Waals surface area contributed by atoms with E-state index in [2.05, 4.69) is 46.6 Å². The molecule has 7 heteroatoms. The van der Waals surface area contributed by atoms with Crippen LogP contribution in [0.4, 0.5) is 0 Å². The first-order valence-corrected chi connectivity index (χ1v) is 13.3. The first-order chi connectivity index (χ1) is 16.4. The number of nitrogens with one attached hydrogen (secondary N) is 1. The topological polar surface area (TPSA) is 35.6 Å². The average molecular weight is 539 g/mol. The normalized spacial score (nSPS) is 22.3. The quantitative estimate of drug-likeness (QED) is 0.450. The molecule has 2 aromatic carbocycles. The molecule has 0 aliphatic carbocycles. The van der Waals surface area contributed by atoms with Crippen molar-refractivity contribution >= 4 is 41.5 Å². The van der Waals surface area contributed by atoms with Gasteiger partial charge in [0.2, 0.25) is 5.91 Å². The maximum absolute atomic E-state index is 12.4.